The van der Waals surface area contributed by atoms with Crippen molar-refractivity contribution < 1.29 is 9.47 Å². The zero-order chi connectivity index (χ0) is 28.4. The molecule has 194 valence electrons. The molecular weight excluding hydrogens is 544 g/mol. The lowest BCUT2D eigenvalue weighted by molar-refractivity contribution is 0.0280. The minimum atomic E-state index is -0.736. The standard InChI is InChI=1S/C28H18N8O2S2/c1-27(2)23-21(39-25(35-23)33-19(11-29)31-5)15-7-14-10-18-16(8-13(14)9-17(15)37-27)22-24(28(3,4)38-18)36-26(40-22)34-20(12-30)32-6/h7-10,13-14H,1-4H3. The number of allylic oxidation sites excluding steroid dienone is 6. The Morgan fingerprint density at radius 2 is 1.20 bits per heavy atom. The quantitative estimate of drug-likeness (QED) is 0.232. The summed E-state index contributed by atoms with van der Waals surface area (Å²) in [5, 5.41) is 19.0. The topological polar surface area (TPSA) is 125 Å². The monoisotopic (exact) mass is 562 g/mol. The van der Waals surface area contributed by atoms with Gasteiger partial charge in [-0.1, -0.05) is 58.0 Å². The summed E-state index contributed by atoms with van der Waals surface area (Å²) in [5.74, 6) is 0.910. The summed E-state index contributed by atoms with van der Waals surface area (Å²) in [6.45, 7) is 22.0. The highest BCUT2D eigenvalue weighted by atomic mass is 32.1. The highest BCUT2D eigenvalue weighted by molar-refractivity contribution is 7.17. The minimum absolute atomic E-state index is 0.0165. The minimum Gasteiger partial charge on any atom is -0.481 e. The second-order valence-electron chi connectivity index (χ2n) is 10.3. The van der Waals surface area contributed by atoms with Crippen LogP contribution in [0.25, 0.3) is 20.8 Å². The van der Waals surface area contributed by atoms with E-state index in [1.807, 2.05) is 27.7 Å². The van der Waals surface area contributed by atoms with Crippen molar-refractivity contribution in [3.8, 4) is 12.1 Å². The maximum atomic E-state index is 9.14. The Labute approximate surface area is 237 Å². The molecule has 40 heavy (non-hydrogen) atoms. The maximum absolute atomic E-state index is 9.14. The molecule has 10 nitrogen and oxygen atoms in total. The Kier molecular flexibility index (Phi) is 5.60. The van der Waals surface area contributed by atoms with E-state index in [-0.39, 0.29) is 23.5 Å². The lowest BCUT2D eigenvalue weighted by Gasteiger charge is -2.39. The van der Waals surface area contributed by atoms with Crippen molar-refractivity contribution in [1.29, 1.82) is 10.5 Å². The number of hydrogen-bond donors (Lipinski definition) is 0. The van der Waals surface area contributed by atoms with Crippen LogP contribution >= 0.6 is 22.7 Å². The molecule has 0 amide bonds. The van der Waals surface area contributed by atoms with Crippen LogP contribution in [0.3, 0.4) is 0 Å². The van der Waals surface area contributed by atoms with Gasteiger partial charge in [-0.2, -0.15) is 9.97 Å². The molecule has 0 aromatic carbocycles. The maximum Gasteiger partial charge on any atom is 0.352 e. The number of nitrogens with zero attached hydrogens (tertiary/aromatic N) is 8. The molecule has 0 fully saturated rings. The first kappa shape index (κ1) is 25.4. The van der Waals surface area contributed by atoms with Crippen LogP contribution in [0.1, 0.15) is 48.8 Å². The average Bonchev–Trinajstić information content (AvgIpc) is 3.54. The van der Waals surface area contributed by atoms with Crippen LogP contribution in [-0.4, -0.2) is 21.6 Å². The fourth-order valence-corrected chi connectivity index (χ4v) is 7.28. The molecule has 4 heterocycles. The molecule has 2 aliphatic heterocycles. The molecule has 0 bridgehead atoms. The molecular formula is C28H18N8O2S2. The summed E-state index contributed by atoms with van der Waals surface area (Å²) < 4.78 is 12.9. The van der Waals surface area contributed by atoms with Crippen molar-refractivity contribution in [1.82, 2.24) is 9.97 Å². The summed E-state index contributed by atoms with van der Waals surface area (Å²) in [5.41, 5.74) is 1.76. The van der Waals surface area contributed by atoms with Gasteiger partial charge in [-0.15, -0.1) is 0 Å². The van der Waals surface area contributed by atoms with E-state index in [1.165, 1.54) is 22.7 Å². The number of hydrogen-bond acceptors (Lipinski definition) is 10. The molecule has 6 rings (SSSR count). The van der Waals surface area contributed by atoms with Gasteiger partial charge in [-0.05, 0) is 39.8 Å². The van der Waals surface area contributed by atoms with Crippen molar-refractivity contribution in [2.24, 2.45) is 21.8 Å². The first-order chi connectivity index (χ1) is 19.1. The Hall–Kier alpha value is -4.88. The molecule has 2 unspecified atom stereocenters. The van der Waals surface area contributed by atoms with Gasteiger partial charge >= 0.3 is 21.9 Å². The van der Waals surface area contributed by atoms with Crippen LogP contribution in [0.15, 0.2) is 45.8 Å². The fourth-order valence-electron chi connectivity index (χ4n) is 5.04. The highest BCUT2D eigenvalue weighted by Gasteiger charge is 2.44. The van der Waals surface area contributed by atoms with Crippen LogP contribution < -0.4 is 0 Å². The zero-order valence-corrected chi connectivity index (χ0v) is 23.3. The number of aromatic nitrogens is 2. The number of fused-ring (bicyclic) bond motifs is 7. The molecule has 12 heteroatoms. The average molecular weight is 563 g/mol. The Morgan fingerprint density at radius 1 is 0.800 bits per heavy atom. The zero-order valence-electron chi connectivity index (χ0n) is 21.7. The number of ether oxygens (including phenoxy) is 2. The fraction of sp³-hybridized carbons (Fsp3) is 0.286. The van der Waals surface area contributed by atoms with E-state index in [1.54, 1.807) is 12.1 Å². The van der Waals surface area contributed by atoms with Gasteiger partial charge in [0.15, 0.2) is 0 Å². The number of nitriles is 2. The molecule has 2 atom stereocenters. The van der Waals surface area contributed by atoms with E-state index < -0.39 is 11.2 Å². The SMILES string of the molecule is [C-]#[N+]C(C#N)=Nc1nc2c(s1)C1=CC3C=C4OC(C)(C)c5nc(N=C(C#N)[N+]#[C-])sc5C4=CC3C=C1OC2(C)C. The molecule has 0 spiro atoms. The van der Waals surface area contributed by atoms with Gasteiger partial charge in [0, 0.05) is 23.0 Å². The molecule has 2 aliphatic carbocycles. The van der Waals surface area contributed by atoms with Crippen molar-refractivity contribution in [3.05, 3.63) is 79.8 Å². The van der Waals surface area contributed by atoms with Gasteiger partial charge in [0.1, 0.15) is 46.2 Å². The van der Waals surface area contributed by atoms with E-state index in [4.69, 9.17) is 33.1 Å². The molecule has 0 N–H and O–H groups in total. The summed E-state index contributed by atoms with van der Waals surface area (Å²) >= 11 is 2.67. The summed E-state index contributed by atoms with van der Waals surface area (Å²) in [6, 6.07) is 3.58. The molecule has 2 aromatic rings. The summed E-state index contributed by atoms with van der Waals surface area (Å²) in [6.07, 6.45) is 8.48. The van der Waals surface area contributed by atoms with Crippen LogP contribution in [0, 0.1) is 47.6 Å². The normalized spacial score (nSPS) is 23.1. The predicted octanol–water partition coefficient (Wildman–Crippen LogP) is 6.57. The van der Waals surface area contributed by atoms with Crippen LogP contribution in [0.2, 0.25) is 0 Å². The van der Waals surface area contributed by atoms with Crippen molar-refractivity contribution in [3.63, 3.8) is 0 Å². The van der Waals surface area contributed by atoms with Gasteiger partial charge in [0.2, 0.25) is 0 Å². The molecule has 0 saturated carbocycles. The van der Waals surface area contributed by atoms with Crippen molar-refractivity contribution in [2.45, 2.75) is 38.9 Å². The van der Waals surface area contributed by atoms with E-state index in [2.05, 4.69) is 53.9 Å². The molecule has 0 saturated heterocycles. The molecule has 0 radical (unpaired) electrons. The lowest BCUT2D eigenvalue weighted by atomic mass is 9.77. The van der Waals surface area contributed by atoms with Crippen molar-refractivity contribution in [2.75, 3.05) is 0 Å². The van der Waals surface area contributed by atoms with Crippen LogP contribution in [0.4, 0.5) is 10.3 Å². The Balaban J connectivity index is 1.43. The van der Waals surface area contributed by atoms with E-state index in [0.29, 0.717) is 21.7 Å². The molecule has 4 aliphatic rings. The van der Waals surface area contributed by atoms with E-state index >= 15 is 0 Å². The predicted molar refractivity (Wildman–Crippen MR) is 150 cm³/mol. The Bertz CT molecular complexity index is 1700. The number of aliphatic imine (C=N–C) groups is 2. The lowest BCUT2D eigenvalue weighted by Crippen LogP contribution is -2.32. The summed E-state index contributed by atoms with van der Waals surface area (Å²) in [4.78, 5) is 25.6. The highest BCUT2D eigenvalue weighted by Crippen LogP contribution is 2.54. The molecule has 2 aromatic heterocycles. The first-order valence-corrected chi connectivity index (χ1v) is 13.7. The smallest absolute Gasteiger partial charge is 0.352 e. The van der Waals surface area contributed by atoms with Crippen LogP contribution in [-0.2, 0) is 20.7 Å². The van der Waals surface area contributed by atoms with Gasteiger partial charge in [-0.25, -0.2) is 10.5 Å². The number of rotatable bonds is 2. The summed E-state index contributed by atoms with van der Waals surface area (Å²) in [7, 11) is 0. The largest absolute Gasteiger partial charge is 0.481 e. The van der Waals surface area contributed by atoms with Gasteiger partial charge in [0.05, 0.1) is 9.75 Å². The third-order valence-electron chi connectivity index (χ3n) is 6.79. The van der Waals surface area contributed by atoms with Crippen LogP contribution in [0.5, 0.6) is 0 Å². The Morgan fingerprint density at radius 3 is 1.55 bits per heavy atom. The van der Waals surface area contributed by atoms with Gasteiger partial charge in [-0.3, -0.25) is 0 Å². The van der Waals surface area contributed by atoms with E-state index in [9.17, 15) is 0 Å². The third-order valence-corrected chi connectivity index (χ3v) is 8.75. The van der Waals surface area contributed by atoms with Crippen molar-refractivity contribution >= 4 is 55.8 Å². The second kappa shape index (κ2) is 8.83. The third kappa shape index (κ3) is 3.94. The first-order valence-electron chi connectivity index (χ1n) is 12.1. The number of amidine groups is 2. The van der Waals surface area contributed by atoms with E-state index in [0.717, 1.165) is 32.4 Å². The van der Waals surface area contributed by atoms with Gasteiger partial charge < -0.3 is 19.2 Å². The number of thiazole rings is 2. The second-order valence-corrected chi connectivity index (χ2v) is 12.2. The van der Waals surface area contributed by atoms with Gasteiger partial charge in [0.25, 0.3) is 0 Å².